The summed E-state index contributed by atoms with van der Waals surface area (Å²) in [5.41, 5.74) is 0.569. The number of benzene rings is 1. The van der Waals surface area contributed by atoms with Crippen molar-refractivity contribution in [1.82, 2.24) is 0 Å². The second kappa shape index (κ2) is 3.12. The van der Waals surface area contributed by atoms with Gasteiger partial charge in [-0.15, -0.1) is 0 Å². The van der Waals surface area contributed by atoms with E-state index in [-0.39, 0.29) is 12.4 Å². The van der Waals surface area contributed by atoms with Crippen molar-refractivity contribution in [2.75, 3.05) is 0 Å². The van der Waals surface area contributed by atoms with Crippen LogP contribution in [0, 0.1) is 5.82 Å². The fourth-order valence-electron chi connectivity index (χ4n) is 0.664. The molecule has 0 saturated heterocycles. The topological polar surface area (TPSA) is 20.2 Å². The molecule has 0 amide bonds. The zero-order chi connectivity index (χ0) is 7.56. The Hall–Kier alpha value is -0.410. The third-order valence-corrected chi connectivity index (χ3v) is 1.95. The molecule has 1 rings (SSSR count). The highest BCUT2D eigenvalue weighted by Crippen LogP contribution is 2.17. The third-order valence-electron chi connectivity index (χ3n) is 1.18. The maximum atomic E-state index is 12.4. The van der Waals surface area contributed by atoms with Crippen molar-refractivity contribution in [1.29, 1.82) is 0 Å². The number of hydrogen-bond donors (Lipinski definition) is 1. The molecular weight excluding hydrogens is 201 g/mol. The van der Waals surface area contributed by atoms with Gasteiger partial charge in [0.25, 0.3) is 0 Å². The second-order valence-corrected chi connectivity index (χ2v) is 2.75. The van der Waals surface area contributed by atoms with E-state index in [1.54, 1.807) is 6.07 Å². The van der Waals surface area contributed by atoms with Crippen molar-refractivity contribution in [3.63, 3.8) is 0 Å². The fourth-order valence-corrected chi connectivity index (χ4v) is 1.04. The van der Waals surface area contributed by atoms with Gasteiger partial charge in [0, 0.05) is 4.47 Å². The van der Waals surface area contributed by atoms with Crippen LogP contribution < -0.4 is 0 Å². The SMILES string of the molecule is O[14CH2]c1cc(F)ccc1Br. The smallest absolute Gasteiger partial charge is 0.123 e. The Bertz CT molecular complexity index is 237. The number of rotatable bonds is 1. The molecule has 10 heavy (non-hydrogen) atoms. The van der Waals surface area contributed by atoms with Crippen molar-refractivity contribution >= 4 is 15.9 Å². The Morgan fingerprint density at radius 1 is 1.50 bits per heavy atom. The second-order valence-electron chi connectivity index (χ2n) is 1.89. The molecule has 0 heterocycles. The molecule has 0 radical (unpaired) electrons. The molecule has 0 saturated carbocycles. The first kappa shape index (κ1) is 7.69. The predicted octanol–water partition coefficient (Wildman–Crippen LogP) is 2.08. The van der Waals surface area contributed by atoms with E-state index >= 15 is 0 Å². The number of hydrogen-bond acceptors (Lipinski definition) is 1. The van der Waals surface area contributed by atoms with Crippen molar-refractivity contribution < 1.29 is 9.50 Å². The highest BCUT2D eigenvalue weighted by atomic mass is 79.9. The molecule has 1 aromatic carbocycles. The van der Waals surface area contributed by atoms with Crippen molar-refractivity contribution in [3.8, 4) is 0 Å². The molecule has 0 bridgehead atoms. The first-order valence-corrected chi connectivity index (χ1v) is 3.58. The van der Waals surface area contributed by atoms with Gasteiger partial charge in [0.15, 0.2) is 0 Å². The van der Waals surface area contributed by atoms with E-state index in [0.29, 0.717) is 5.56 Å². The van der Waals surface area contributed by atoms with Gasteiger partial charge in [-0.3, -0.25) is 0 Å². The predicted molar refractivity (Wildman–Crippen MR) is 40.0 cm³/mol. The maximum absolute atomic E-state index is 12.4. The summed E-state index contributed by atoms with van der Waals surface area (Å²) < 4.78 is 13.1. The van der Waals surface area contributed by atoms with Crippen LogP contribution in [0.4, 0.5) is 4.39 Å². The summed E-state index contributed by atoms with van der Waals surface area (Å²) in [5, 5.41) is 8.65. The van der Waals surface area contributed by atoms with Crippen LogP contribution >= 0.6 is 15.9 Å². The lowest BCUT2D eigenvalue weighted by atomic mass is 10.3. The highest BCUT2D eigenvalue weighted by Gasteiger charge is 1.98. The summed E-state index contributed by atoms with van der Waals surface area (Å²) in [6, 6.07) is 4.20. The van der Waals surface area contributed by atoms with E-state index in [4.69, 9.17) is 5.11 Å². The molecule has 3 heteroatoms. The molecule has 0 aliphatic rings. The van der Waals surface area contributed by atoms with Crippen molar-refractivity contribution in [2.24, 2.45) is 0 Å². The largest absolute Gasteiger partial charge is 0.392 e. The lowest BCUT2D eigenvalue weighted by Gasteiger charge is -1.98. The molecule has 1 nitrogen and oxygen atoms in total. The average molecular weight is 207 g/mol. The lowest BCUT2D eigenvalue weighted by molar-refractivity contribution is 0.280. The quantitative estimate of drug-likeness (QED) is 0.747. The normalized spacial score (nSPS) is 9.90. The summed E-state index contributed by atoms with van der Waals surface area (Å²) in [5.74, 6) is -0.327. The molecule has 0 spiro atoms. The Balaban J connectivity index is 3.09. The van der Waals surface area contributed by atoms with Gasteiger partial charge in [0.1, 0.15) is 5.82 Å². The van der Waals surface area contributed by atoms with Crippen LogP contribution in [0.2, 0.25) is 0 Å². The number of halogens is 2. The minimum Gasteiger partial charge on any atom is -0.392 e. The first-order chi connectivity index (χ1) is 4.74. The van der Waals surface area contributed by atoms with Crippen molar-refractivity contribution in [3.05, 3.63) is 34.1 Å². The molecule has 1 aromatic rings. The molecule has 0 fully saturated rings. The molecule has 1 N–H and O–H groups in total. The third kappa shape index (κ3) is 1.55. The summed E-state index contributed by atoms with van der Waals surface area (Å²) in [6.07, 6.45) is 0. The van der Waals surface area contributed by atoms with Gasteiger partial charge in [0.2, 0.25) is 0 Å². The molecule has 0 atom stereocenters. The Labute approximate surface area is 66.6 Å². The number of aliphatic hydroxyl groups excluding tert-OH is 1. The van der Waals surface area contributed by atoms with Crippen LogP contribution in [0.25, 0.3) is 0 Å². The molecular formula is C7H6BrFO. The minimum absolute atomic E-state index is 0.141. The van der Waals surface area contributed by atoms with E-state index < -0.39 is 0 Å². The summed E-state index contributed by atoms with van der Waals surface area (Å²) in [6.45, 7) is -0.141. The van der Waals surface area contributed by atoms with E-state index in [9.17, 15) is 4.39 Å². The highest BCUT2D eigenvalue weighted by molar-refractivity contribution is 9.10. The average Bonchev–Trinajstić information content (AvgIpc) is 1.94. The molecule has 54 valence electrons. The van der Waals surface area contributed by atoms with E-state index in [1.807, 2.05) is 0 Å². The van der Waals surface area contributed by atoms with E-state index in [0.717, 1.165) is 4.47 Å². The van der Waals surface area contributed by atoms with Crippen LogP contribution in [0.15, 0.2) is 22.7 Å². The summed E-state index contributed by atoms with van der Waals surface area (Å²) in [4.78, 5) is 0. The Morgan fingerprint density at radius 2 is 2.20 bits per heavy atom. The molecule has 0 aliphatic heterocycles. The van der Waals surface area contributed by atoms with Crippen molar-refractivity contribution in [2.45, 2.75) is 6.61 Å². The zero-order valence-corrected chi connectivity index (χ0v) is 6.73. The number of aliphatic hydroxyl groups is 1. The van der Waals surface area contributed by atoms with Crippen LogP contribution in [-0.4, -0.2) is 5.11 Å². The summed E-state index contributed by atoms with van der Waals surface area (Å²) >= 11 is 3.16. The Morgan fingerprint density at radius 3 is 2.70 bits per heavy atom. The monoisotopic (exact) mass is 206 g/mol. The fraction of sp³-hybridized carbons (Fsp3) is 0.143. The molecule has 0 aliphatic carbocycles. The van der Waals surface area contributed by atoms with Crippen LogP contribution in [0.3, 0.4) is 0 Å². The van der Waals surface area contributed by atoms with Gasteiger partial charge >= 0.3 is 0 Å². The molecule has 0 unspecified atom stereocenters. The van der Waals surface area contributed by atoms with Gasteiger partial charge in [-0.1, -0.05) is 15.9 Å². The van der Waals surface area contributed by atoms with Gasteiger partial charge in [-0.25, -0.2) is 4.39 Å². The minimum atomic E-state index is -0.327. The van der Waals surface area contributed by atoms with Gasteiger partial charge in [-0.2, -0.15) is 0 Å². The Kier molecular flexibility index (Phi) is 2.40. The zero-order valence-electron chi connectivity index (χ0n) is 5.14. The van der Waals surface area contributed by atoms with Gasteiger partial charge < -0.3 is 5.11 Å². The van der Waals surface area contributed by atoms with Crippen LogP contribution in [-0.2, 0) is 6.61 Å². The van der Waals surface area contributed by atoms with E-state index in [1.165, 1.54) is 12.1 Å². The van der Waals surface area contributed by atoms with Gasteiger partial charge in [0.05, 0.1) is 6.61 Å². The van der Waals surface area contributed by atoms with E-state index in [2.05, 4.69) is 15.9 Å². The first-order valence-electron chi connectivity index (χ1n) is 2.79. The van der Waals surface area contributed by atoms with Crippen LogP contribution in [0.5, 0.6) is 0 Å². The standard InChI is InChI=1S/C7H6BrFO/c8-7-2-1-6(9)3-5(7)4-10/h1-3,10H,4H2/i4+2. The summed E-state index contributed by atoms with van der Waals surface area (Å²) in [7, 11) is 0. The molecule has 0 aromatic heterocycles. The maximum Gasteiger partial charge on any atom is 0.123 e. The van der Waals surface area contributed by atoms with Crippen LogP contribution in [0.1, 0.15) is 5.56 Å². The van der Waals surface area contributed by atoms with Gasteiger partial charge in [-0.05, 0) is 23.8 Å². The lowest BCUT2D eigenvalue weighted by Crippen LogP contribution is -1.85.